The number of aromatic hydroxyl groups is 1. The van der Waals surface area contributed by atoms with Gasteiger partial charge >= 0.3 is 0 Å². The molecule has 2 rings (SSSR count). The predicted molar refractivity (Wildman–Crippen MR) is 64.7 cm³/mol. The molecule has 1 heterocycles. The van der Waals surface area contributed by atoms with E-state index in [0.29, 0.717) is 5.56 Å². The van der Waals surface area contributed by atoms with Gasteiger partial charge in [-0.1, -0.05) is 0 Å². The van der Waals surface area contributed by atoms with Gasteiger partial charge < -0.3 is 5.11 Å². The number of allylic oxidation sites excluding steroid dienone is 1. The van der Waals surface area contributed by atoms with E-state index in [1.807, 2.05) is 19.3 Å². The van der Waals surface area contributed by atoms with Crippen LogP contribution >= 0.6 is 0 Å². The van der Waals surface area contributed by atoms with E-state index in [-0.39, 0.29) is 11.5 Å². The van der Waals surface area contributed by atoms with E-state index in [9.17, 15) is 4.79 Å². The fourth-order valence-corrected chi connectivity index (χ4v) is 1.40. The first-order valence-corrected chi connectivity index (χ1v) is 5.16. The summed E-state index contributed by atoms with van der Waals surface area (Å²) < 4.78 is 1.67. The van der Waals surface area contributed by atoms with E-state index in [4.69, 9.17) is 5.11 Å². The van der Waals surface area contributed by atoms with Gasteiger partial charge in [0.2, 0.25) is 0 Å². The molecule has 4 nitrogen and oxygen atoms in total. The Bertz CT molecular complexity index is 553. The van der Waals surface area contributed by atoms with Crippen LogP contribution in [0.15, 0.2) is 42.6 Å². The van der Waals surface area contributed by atoms with Crippen LogP contribution in [-0.4, -0.2) is 20.7 Å². The van der Waals surface area contributed by atoms with Gasteiger partial charge in [-0.2, -0.15) is 5.10 Å². The van der Waals surface area contributed by atoms with E-state index in [1.165, 1.54) is 18.2 Å². The molecule has 0 fully saturated rings. The van der Waals surface area contributed by atoms with Crippen molar-refractivity contribution in [2.75, 3.05) is 0 Å². The van der Waals surface area contributed by atoms with Crippen LogP contribution in [0.4, 0.5) is 0 Å². The van der Waals surface area contributed by atoms with E-state index >= 15 is 0 Å². The largest absolute Gasteiger partial charge is 0.508 e. The van der Waals surface area contributed by atoms with Gasteiger partial charge in [0.15, 0.2) is 5.78 Å². The highest BCUT2D eigenvalue weighted by Crippen LogP contribution is 2.11. The Morgan fingerprint density at radius 3 is 2.59 bits per heavy atom. The number of nitrogens with zero attached hydrogens (tertiary/aromatic N) is 2. The van der Waals surface area contributed by atoms with Crippen LogP contribution in [0.2, 0.25) is 0 Å². The smallest absolute Gasteiger partial charge is 0.185 e. The number of hydrogen-bond donors (Lipinski definition) is 1. The third-order valence-corrected chi connectivity index (χ3v) is 2.29. The average molecular weight is 228 g/mol. The molecule has 1 N–H and O–H groups in total. The molecule has 0 aliphatic carbocycles. The van der Waals surface area contributed by atoms with Gasteiger partial charge in [-0.15, -0.1) is 0 Å². The number of rotatable bonds is 3. The fourth-order valence-electron chi connectivity index (χ4n) is 1.40. The molecule has 17 heavy (non-hydrogen) atoms. The molecule has 0 spiro atoms. The monoisotopic (exact) mass is 228 g/mol. The second-order valence-corrected chi connectivity index (χ2v) is 3.66. The number of carbonyl (C=O) groups is 1. The zero-order valence-electron chi connectivity index (χ0n) is 9.37. The number of phenolic OH excluding ortho intramolecular Hbond substituents is 1. The van der Waals surface area contributed by atoms with Crippen molar-refractivity contribution >= 4 is 11.9 Å². The van der Waals surface area contributed by atoms with Crippen molar-refractivity contribution in [1.29, 1.82) is 0 Å². The number of phenols is 1. The lowest BCUT2D eigenvalue weighted by Crippen LogP contribution is -1.93. The second-order valence-electron chi connectivity index (χ2n) is 3.66. The van der Waals surface area contributed by atoms with Gasteiger partial charge in [0.25, 0.3) is 0 Å². The minimum absolute atomic E-state index is 0.115. The van der Waals surface area contributed by atoms with Crippen molar-refractivity contribution in [2.45, 2.75) is 0 Å². The van der Waals surface area contributed by atoms with Crippen molar-refractivity contribution in [2.24, 2.45) is 7.05 Å². The number of ketones is 1. The summed E-state index contributed by atoms with van der Waals surface area (Å²) in [6.07, 6.45) is 4.94. The summed E-state index contributed by atoms with van der Waals surface area (Å²) in [5.74, 6) is 0.0332. The van der Waals surface area contributed by atoms with E-state index in [0.717, 1.165) is 5.69 Å². The molecule has 86 valence electrons. The van der Waals surface area contributed by atoms with Crippen molar-refractivity contribution in [3.05, 3.63) is 53.9 Å². The number of hydrogen-bond acceptors (Lipinski definition) is 3. The lowest BCUT2D eigenvalue weighted by Gasteiger charge is -1.95. The van der Waals surface area contributed by atoms with Gasteiger partial charge in [0.05, 0.1) is 5.69 Å². The summed E-state index contributed by atoms with van der Waals surface area (Å²) in [6, 6.07) is 7.96. The molecule has 1 aromatic heterocycles. The molecular weight excluding hydrogens is 216 g/mol. The summed E-state index contributed by atoms with van der Waals surface area (Å²) in [7, 11) is 1.82. The summed E-state index contributed by atoms with van der Waals surface area (Å²) in [5, 5.41) is 13.2. The highest BCUT2D eigenvalue weighted by atomic mass is 16.3. The highest BCUT2D eigenvalue weighted by molar-refractivity contribution is 6.06. The van der Waals surface area contributed by atoms with Gasteiger partial charge in [-0.25, -0.2) is 0 Å². The summed E-state index contributed by atoms with van der Waals surface area (Å²) in [6.45, 7) is 0. The van der Waals surface area contributed by atoms with Crippen LogP contribution in [0.1, 0.15) is 16.1 Å². The number of carbonyl (C=O) groups excluding carboxylic acids is 1. The first-order chi connectivity index (χ1) is 8.15. The molecule has 0 bridgehead atoms. The van der Waals surface area contributed by atoms with Crippen molar-refractivity contribution < 1.29 is 9.90 Å². The Morgan fingerprint density at radius 2 is 2.00 bits per heavy atom. The third kappa shape index (κ3) is 2.81. The summed E-state index contributed by atoms with van der Waals surface area (Å²) in [4.78, 5) is 11.7. The topological polar surface area (TPSA) is 55.1 Å². The van der Waals surface area contributed by atoms with E-state index < -0.39 is 0 Å². The summed E-state index contributed by atoms with van der Waals surface area (Å²) >= 11 is 0. The molecule has 0 atom stereocenters. The third-order valence-electron chi connectivity index (χ3n) is 2.29. The lowest BCUT2D eigenvalue weighted by molar-refractivity contribution is 0.104. The van der Waals surface area contributed by atoms with Crippen LogP contribution in [0.3, 0.4) is 0 Å². The first-order valence-electron chi connectivity index (χ1n) is 5.16. The Labute approximate surface area is 98.8 Å². The van der Waals surface area contributed by atoms with Crippen molar-refractivity contribution in [3.63, 3.8) is 0 Å². The first kappa shape index (κ1) is 11.1. The molecular formula is C13H12N2O2. The van der Waals surface area contributed by atoms with Crippen LogP contribution in [-0.2, 0) is 7.05 Å². The lowest BCUT2D eigenvalue weighted by atomic mass is 10.1. The minimum Gasteiger partial charge on any atom is -0.508 e. The van der Waals surface area contributed by atoms with Crippen LogP contribution < -0.4 is 0 Å². The molecule has 0 amide bonds. The normalized spacial score (nSPS) is 10.9. The Morgan fingerprint density at radius 1 is 1.29 bits per heavy atom. The molecule has 0 radical (unpaired) electrons. The molecule has 0 saturated heterocycles. The van der Waals surface area contributed by atoms with E-state index in [2.05, 4.69) is 5.10 Å². The second kappa shape index (κ2) is 4.65. The SMILES string of the molecule is Cn1ccc(/C=C/C(=O)c2ccc(O)cc2)n1. The van der Waals surface area contributed by atoms with Gasteiger partial charge in [-0.3, -0.25) is 9.48 Å². The van der Waals surface area contributed by atoms with Crippen molar-refractivity contribution in [3.8, 4) is 5.75 Å². The average Bonchev–Trinajstić information content (AvgIpc) is 2.73. The minimum atomic E-state index is -0.115. The van der Waals surface area contributed by atoms with Gasteiger partial charge in [0, 0.05) is 18.8 Å². The number of benzene rings is 1. The van der Waals surface area contributed by atoms with Crippen LogP contribution in [0, 0.1) is 0 Å². The highest BCUT2D eigenvalue weighted by Gasteiger charge is 2.01. The number of aryl methyl sites for hydroxylation is 1. The number of aromatic nitrogens is 2. The molecule has 0 aliphatic rings. The van der Waals surface area contributed by atoms with Crippen LogP contribution in [0.5, 0.6) is 5.75 Å². The van der Waals surface area contributed by atoms with Gasteiger partial charge in [0.1, 0.15) is 5.75 Å². The molecule has 0 saturated carbocycles. The maximum absolute atomic E-state index is 11.7. The molecule has 0 unspecified atom stereocenters. The maximum atomic E-state index is 11.7. The maximum Gasteiger partial charge on any atom is 0.185 e. The van der Waals surface area contributed by atoms with E-state index in [1.54, 1.807) is 22.9 Å². The predicted octanol–water partition coefficient (Wildman–Crippen LogP) is 2.02. The standard InChI is InChI=1S/C13H12N2O2/c1-15-9-8-11(14-15)4-7-13(17)10-2-5-12(16)6-3-10/h2-9,16H,1H3/b7-4+. The molecule has 2 aromatic rings. The Balaban J connectivity index is 2.11. The summed E-state index contributed by atoms with van der Waals surface area (Å²) in [5.41, 5.74) is 1.27. The molecule has 4 heteroatoms. The Kier molecular flexibility index (Phi) is 3.05. The Hall–Kier alpha value is -2.36. The van der Waals surface area contributed by atoms with Gasteiger partial charge in [-0.05, 0) is 42.5 Å². The molecule has 1 aromatic carbocycles. The zero-order valence-corrected chi connectivity index (χ0v) is 9.37. The fraction of sp³-hybridized carbons (Fsp3) is 0.0769. The molecule has 0 aliphatic heterocycles. The quantitative estimate of drug-likeness (QED) is 0.646. The van der Waals surface area contributed by atoms with Crippen molar-refractivity contribution in [1.82, 2.24) is 9.78 Å². The van der Waals surface area contributed by atoms with Crippen LogP contribution in [0.25, 0.3) is 6.08 Å². The zero-order chi connectivity index (χ0) is 12.3.